The standard InChI is InChI=1S/C17H28N4O.3ClH/c1-14(13-21-9-7-20(2)8-10-21)12-19-17(22)11-15-3-5-16(18)6-4-15;;;/h3-6,14H,7-13,18H2,1-2H3,(H,19,22);3*1H. The van der Waals surface area contributed by atoms with E-state index in [1.807, 2.05) is 24.3 Å². The van der Waals surface area contributed by atoms with Gasteiger partial charge in [-0.1, -0.05) is 19.1 Å². The van der Waals surface area contributed by atoms with E-state index in [1.54, 1.807) is 0 Å². The van der Waals surface area contributed by atoms with E-state index in [9.17, 15) is 4.79 Å². The molecule has 1 aliphatic heterocycles. The van der Waals surface area contributed by atoms with Crippen LogP contribution in [0.4, 0.5) is 5.69 Å². The zero-order valence-electron chi connectivity index (χ0n) is 14.9. The zero-order chi connectivity index (χ0) is 15.9. The molecule has 1 saturated heterocycles. The largest absolute Gasteiger partial charge is 0.399 e. The first-order chi connectivity index (χ1) is 10.5. The summed E-state index contributed by atoms with van der Waals surface area (Å²) in [7, 11) is 2.16. The van der Waals surface area contributed by atoms with Crippen molar-refractivity contribution < 1.29 is 4.79 Å². The first-order valence-electron chi connectivity index (χ1n) is 8.05. The normalized spacial score (nSPS) is 15.9. The molecule has 146 valence electrons. The number of rotatable bonds is 6. The van der Waals surface area contributed by atoms with E-state index in [1.165, 1.54) is 0 Å². The fraction of sp³-hybridized carbons (Fsp3) is 0.588. The summed E-state index contributed by atoms with van der Waals surface area (Å²) in [6.45, 7) is 8.50. The quantitative estimate of drug-likeness (QED) is 0.701. The Bertz CT molecular complexity index is 479. The number of amides is 1. The third-order valence-corrected chi connectivity index (χ3v) is 4.16. The van der Waals surface area contributed by atoms with Crippen molar-refractivity contribution in [2.24, 2.45) is 5.92 Å². The van der Waals surface area contributed by atoms with Crippen LogP contribution in [0.1, 0.15) is 12.5 Å². The molecule has 8 heteroatoms. The number of piperazine rings is 1. The number of anilines is 1. The molecule has 0 aliphatic carbocycles. The van der Waals surface area contributed by atoms with Gasteiger partial charge in [0.05, 0.1) is 6.42 Å². The zero-order valence-corrected chi connectivity index (χ0v) is 17.4. The van der Waals surface area contributed by atoms with Crippen LogP contribution in [0.5, 0.6) is 0 Å². The smallest absolute Gasteiger partial charge is 0.224 e. The number of carbonyl (C=O) groups is 1. The van der Waals surface area contributed by atoms with Gasteiger partial charge >= 0.3 is 0 Å². The second kappa shape index (κ2) is 13.5. The van der Waals surface area contributed by atoms with Gasteiger partial charge in [-0.05, 0) is 30.7 Å². The summed E-state index contributed by atoms with van der Waals surface area (Å²) >= 11 is 0. The summed E-state index contributed by atoms with van der Waals surface area (Å²) < 4.78 is 0. The maximum absolute atomic E-state index is 12.0. The lowest BCUT2D eigenvalue weighted by atomic mass is 10.1. The van der Waals surface area contributed by atoms with Crippen molar-refractivity contribution in [3.8, 4) is 0 Å². The van der Waals surface area contributed by atoms with Crippen LogP contribution < -0.4 is 11.1 Å². The van der Waals surface area contributed by atoms with Gasteiger partial charge in [0.2, 0.25) is 5.91 Å². The monoisotopic (exact) mass is 412 g/mol. The molecule has 1 aromatic carbocycles. The van der Waals surface area contributed by atoms with Gasteiger partial charge in [0.1, 0.15) is 0 Å². The second-order valence-corrected chi connectivity index (χ2v) is 6.43. The molecule has 0 radical (unpaired) electrons. The minimum Gasteiger partial charge on any atom is -0.399 e. The van der Waals surface area contributed by atoms with Crippen LogP contribution in [0.2, 0.25) is 0 Å². The Hall–Kier alpha value is -0.720. The summed E-state index contributed by atoms with van der Waals surface area (Å²) in [4.78, 5) is 16.8. The number of hydrogen-bond acceptors (Lipinski definition) is 4. The SMILES string of the molecule is CC(CNC(=O)Cc1ccc(N)cc1)CN1CCN(C)CC1.Cl.Cl.Cl. The number of benzene rings is 1. The Labute approximate surface area is 169 Å². The lowest BCUT2D eigenvalue weighted by Crippen LogP contribution is -2.47. The molecular formula is C17H31Cl3N4O. The van der Waals surface area contributed by atoms with E-state index in [0.29, 0.717) is 12.3 Å². The van der Waals surface area contributed by atoms with Gasteiger partial charge < -0.3 is 20.9 Å². The van der Waals surface area contributed by atoms with E-state index in [4.69, 9.17) is 5.73 Å². The van der Waals surface area contributed by atoms with Crippen LogP contribution in [0.3, 0.4) is 0 Å². The van der Waals surface area contributed by atoms with E-state index < -0.39 is 0 Å². The van der Waals surface area contributed by atoms with Crippen LogP contribution in [0.25, 0.3) is 0 Å². The third kappa shape index (κ3) is 10.1. The summed E-state index contributed by atoms with van der Waals surface area (Å²) in [5.74, 6) is 0.550. The van der Waals surface area contributed by atoms with Crippen molar-refractivity contribution in [3.05, 3.63) is 29.8 Å². The first kappa shape index (κ1) is 26.5. The molecule has 25 heavy (non-hydrogen) atoms. The number of nitrogens with one attached hydrogen (secondary N) is 1. The second-order valence-electron chi connectivity index (χ2n) is 6.43. The summed E-state index contributed by atoms with van der Waals surface area (Å²) in [5, 5.41) is 3.04. The van der Waals surface area contributed by atoms with Gasteiger partial charge in [0.25, 0.3) is 0 Å². The molecule has 2 rings (SSSR count). The molecule has 1 aliphatic rings. The molecule has 0 bridgehead atoms. The molecule has 1 fully saturated rings. The average Bonchev–Trinajstić information content (AvgIpc) is 2.50. The van der Waals surface area contributed by atoms with Crippen LogP contribution >= 0.6 is 37.2 Å². The summed E-state index contributed by atoms with van der Waals surface area (Å²) in [6.07, 6.45) is 0.418. The Balaban J connectivity index is 0. The summed E-state index contributed by atoms with van der Waals surface area (Å²) in [5.41, 5.74) is 7.37. The number of hydrogen-bond donors (Lipinski definition) is 2. The number of carbonyl (C=O) groups excluding carboxylic acids is 1. The average molecular weight is 414 g/mol. The lowest BCUT2D eigenvalue weighted by Gasteiger charge is -2.33. The van der Waals surface area contributed by atoms with Gasteiger partial charge in [-0.25, -0.2) is 0 Å². The first-order valence-corrected chi connectivity index (χ1v) is 8.05. The van der Waals surface area contributed by atoms with Crippen LogP contribution in [0, 0.1) is 5.92 Å². The number of nitrogens with two attached hydrogens (primary N) is 1. The van der Waals surface area contributed by atoms with E-state index in [-0.39, 0.29) is 43.1 Å². The predicted octanol–water partition coefficient (Wildman–Crippen LogP) is 2.08. The van der Waals surface area contributed by atoms with Gasteiger partial charge in [-0.2, -0.15) is 0 Å². The molecule has 1 amide bonds. The van der Waals surface area contributed by atoms with Crippen LogP contribution in [0.15, 0.2) is 24.3 Å². The fourth-order valence-corrected chi connectivity index (χ4v) is 2.71. The molecule has 5 nitrogen and oxygen atoms in total. The highest BCUT2D eigenvalue weighted by Gasteiger charge is 2.16. The van der Waals surface area contributed by atoms with Crippen molar-refractivity contribution >= 4 is 48.8 Å². The number of likely N-dealkylation sites (N-methyl/N-ethyl adjacent to an activating group) is 1. The molecule has 0 aromatic heterocycles. The van der Waals surface area contributed by atoms with E-state index in [2.05, 4.69) is 29.1 Å². The van der Waals surface area contributed by atoms with E-state index in [0.717, 1.165) is 50.5 Å². The number of halogens is 3. The van der Waals surface area contributed by atoms with Gasteiger partial charge in [-0.15, -0.1) is 37.2 Å². The van der Waals surface area contributed by atoms with Crippen molar-refractivity contribution in [2.75, 3.05) is 52.0 Å². The van der Waals surface area contributed by atoms with Gasteiger partial charge in [0.15, 0.2) is 0 Å². The van der Waals surface area contributed by atoms with Crippen molar-refractivity contribution in [1.82, 2.24) is 15.1 Å². The number of nitrogens with zero attached hydrogens (tertiary/aromatic N) is 2. The highest BCUT2D eigenvalue weighted by Crippen LogP contribution is 2.07. The molecule has 1 heterocycles. The Morgan fingerprint density at radius 2 is 1.68 bits per heavy atom. The Morgan fingerprint density at radius 1 is 1.12 bits per heavy atom. The molecule has 0 saturated carbocycles. The number of nitrogen functional groups attached to an aromatic ring is 1. The summed E-state index contributed by atoms with van der Waals surface area (Å²) in [6, 6.07) is 7.47. The highest BCUT2D eigenvalue weighted by atomic mass is 35.5. The van der Waals surface area contributed by atoms with Gasteiger partial charge in [-0.3, -0.25) is 4.79 Å². The third-order valence-electron chi connectivity index (χ3n) is 4.16. The Morgan fingerprint density at radius 3 is 2.24 bits per heavy atom. The highest BCUT2D eigenvalue weighted by molar-refractivity contribution is 5.86. The van der Waals surface area contributed by atoms with Crippen molar-refractivity contribution in [2.45, 2.75) is 13.3 Å². The maximum atomic E-state index is 12.0. The van der Waals surface area contributed by atoms with Crippen LogP contribution in [-0.2, 0) is 11.2 Å². The molecule has 0 spiro atoms. The molecule has 3 N–H and O–H groups in total. The Kier molecular flexibility index (Phi) is 14.3. The molecule has 1 aromatic rings. The van der Waals surface area contributed by atoms with Gasteiger partial charge in [0, 0.05) is 45.0 Å². The van der Waals surface area contributed by atoms with Crippen LogP contribution in [-0.4, -0.2) is 62.0 Å². The van der Waals surface area contributed by atoms with Crippen molar-refractivity contribution in [3.63, 3.8) is 0 Å². The molecule has 1 atom stereocenters. The fourth-order valence-electron chi connectivity index (χ4n) is 2.71. The van der Waals surface area contributed by atoms with Crippen molar-refractivity contribution in [1.29, 1.82) is 0 Å². The minimum atomic E-state index is 0. The predicted molar refractivity (Wildman–Crippen MR) is 112 cm³/mol. The minimum absolute atomic E-state index is 0. The van der Waals surface area contributed by atoms with E-state index >= 15 is 0 Å². The molecular weight excluding hydrogens is 383 g/mol. The maximum Gasteiger partial charge on any atom is 0.224 e. The topological polar surface area (TPSA) is 61.6 Å². The molecule has 1 unspecified atom stereocenters. The lowest BCUT2D eigenvalue weighted by molar-refractivity contribution is -0.120.